The largest absolute Gasteiger partial charge is 0.491 e. The lowest BCUT2D eigenvalue weighted by atomic mass is 10.1. The molecule has 192 valence electrons. The van der Waals surface area contributed by atoms with Crippen LogP contribution >= 0.6 is 0 Å². The highest BCUT2D eigenvalue weighted by Gasteiger charge is 2.47. The smallest absolute Gasteiger partial charge is 0.345 e. The van der Waals surface area contributed by atoms with Gasteiger partial charge in [-0.05, 0) is 66.6 Å². The van der Waals surface area contributed by atoms with Crippen LogP contribution in [0.1, 0.15) is 31.9 Å². The summed E-state index contributed by atoms with van der Waals surface area (Å²) in [5.74, 6) is 0.454. The highest BCUT2D eigenvalue weighted by atomic mass is 19.3. The molecule has 2 atom stereocenters. The maximum atomic E-state index is 13.6. The number of anilines is 1. The molecule has 0 bridgehead atoms. The molecule has 10 nitrogen and oxygen atoms in total. The van der Waals surface area contributed by atoms with Crippen molar-refractivity contribution in [2.24, 2.45) is 5.92 Å². The highest BCUT2D eigenvalue weighted by Crippen LogP contribution is 2.48. The Bertz CT molecular complexity index is 1370. The number of benzene rings is 1. The molecule has 0 saturated heterocycles. The van der Waals surface area contributed by atoms with Crippen LogP contribution in [0.3, 0.4) is 0 Å². The van der Waals surface area contributed by atoms with Gasteiger partial charge in [0.1, 0.15) is 17.9 Å². The maximum Gasteiger partial charge on any atom is 0.345 e. The molecular formula is C25H25F2N7O3. The molecule has 0 aliphatic heterocycles. The predicted molar refractivity (Wildman–Crippen MR) is 129 cm³/mol. The van der Waals surface area contributed by atoms with Crippen molar-refractivity contribution < 1.29 is 23.0 Å². The summed E-state index contributed by atoms with van der Waals surface area (Å²) in [5.41, 5.74) is 2.79. The number of carbonyl (C=O) groups excluding carboxylic acids is 1. The molecular weight excluding hydrogens is 484 g/mol. The van der Waals surface area contributed by atoms with Gasteiger partial charge in [-0.1, -0.05) is 12.1 Å². The Morgan fingerprint density at radius 1 is 1.16 bits per heavy atom. The first-order valence-corrected chi connectivity index (χ1v) is 11.9. The van der Waals surface area contributed by atoms with Gasteiger partial charge in [0.2, 0.25) is 5.91 Å². The molecule has 5 rings (SSSR count). The van der Waals surface area contributed by atoms with Crippen molar-refractivity contribution in [1.82, 2.24) is 30.0 Å². The third-order valence-electron chi connectivity index (χ3n) is 6.06. The molecule has 1 amide bonds. The molecule has 37 heavy (non-hydrogen) atoms. The number of alkyl halides is 2. The molecule has 1 aliphatic rings. The normalized spacial score (nSPS) is 16.9. The van der Waals surface area contributed by atoms with Gasteiger partial charge in [0, 0.05) is 29.3 Å². The number of nitrogens with zero attached hydrogens (tertiary/aromatic N) is 7. The Balaban J connectivity index is 1.45. The molecule has 0 spiro atoms. The summed E-state index contributed by atoms with van der Waals surface area (Å²) in [6.45, 7) is 0.525. The van der Waals surface area contributed by atoms with Crippen molar-refractivity contribution >= 4 is 17.4 Å². The van der Waals surface area contributed by atoms with Gasteiger partial charge >= 0.3 is 6.61 Å². The fourth-order valence-corrected chi connectivity index (χ4v) is 4.31. The van der Waals surface area contributed by atoms with E-state index in [1.807, 2.05) is 44.2 Å². The summed E-state index contributed by atoms with van der Waals surface area (Å²) in [5, 5.41) is 12.1. The third-order valence-corrected chi connectivity index (χ3v) is 6.06. The number of tetrazole rings is 1. The van der Waals surface area contributed by atoms with Crippen molar-refractivity contribution in [2.75, 3.05) is 18.1 Å². The molecule has 1 aliphatic carbocycles. The second-order valence-electron chi connectivity index (χ2n) is 8.91. The van der Waals surface area contributed by atoms with E-state index in [0.717, 1.165) is 22.6 Å². The monoisotopic (exact) mass is 509 g/mol. The molecule has 0 N–H and O–H groups in total. The predicted octanol–water partition coefficient (Wildman–Crippen LogP) is 3.74. The number of hydrogen-bond donors (Lipinski definition) is 0. The van der Waals surface area contributed by atoms with Gasteiger partial charge in [0.25, 0.3) is 0 Å². The highest BCUT2D eigenvalue weighted by molar-refractivity contribution is 5.97. The van der Waals surface area contributed by atoms with Gasteiger partial charge in [-0.2, -0.15) is 13.3 Å². The summed E-state index contributed by atoms with van der Waals surface area (Å²) in [7, 11) is 0. The van der Waals surface area contributed by atoms with Gasteiger partial charge < -0.3 is 9.47 Å². The molecule has 12 heteroatoms. The van der Waals surface area contributed by atoms with Gasteiger partial charge in [-0.15, -0.1) is 5.10 Å². The van der Waals surface area contributed by atoms with Gasteiger partial charge in [0.05, 0.1) is 19.3 Å². The minimum Gasteiger partial charge on any atom is -0.491 e. The Labute approximate surface area is 211 Å². The minimum absolute atomic E-state index is 0.0514. The van der Waals surface area contributed by atoms with Gasteiger partial charge in [-0.25, -0.2) is 9.97 Å². The van der Waals surface area contributed by atoms with Crippen LogP contribution in [0.25, 0.3) is 16.8 Å². The van der Waals surface area contributed by atoms with E-state index in [4.69, 9.17) is 4.74 Å². The van der Waals surface area contributed by atoms with Crippen LogP contribution < -0.4 is 9.64 Å². The first-order chi connectivity index (χ1) is 17.9. The van der Waals surface area contributed by atoms with Crippen LogP contribution in [-0.4, -0.2) is 61.8 Å². The van der Waals surface area contributed by atoms with E-state index in [9.17, 15) is 13.6 Å². The van der Waals surface area contributed by atoms with Crippen LogP contribution in [0.5, 0.6) is 5.75 Å². The first kappa shape index (κ1) is 24.6. The van der Waals surface area contributed by atoms with E-state index in [1.165, 1.54) is 15.7 Å². The quantitative estimate of drug-likeness (QED) is 0.318. The molecule has 1 saturated carbocycles. The number of aromatic nitrogens is 6. The zero-order chi connectivity index (χ0) is 25.9. The Morgan fingerprint density at radius 2 is 1.97 bits per heavy atom. The zero-order valence-corrected chi connectivity index (χ0v) is 20.2. The maximum absolute atomic E-state index is 13.6. The Morgan fingerprint density at radius 3 is 2.68 bits per heavy atom. The summed E-state index contributed by atoms with van der Waals surface area (Å²) in [4.78, 5) is 23.1. The van der Waals surface area contributed by atoms with E-state index in [2.05, 4.69) is 30.2 Å². The first-order valence-electron chi connectivity index (χ1n) is 11.9. The summed E-state index contributed by atoms with van der Waals surface area (Å²) in [6.07, 6.45) is 3.72. The lowest BCUT2D eigenvalue weighted by Crippen LogP contribution is -2.37. The Kier molecular flexibility index (Phi) is 6.99. The van der Waals surface area contributed by atoms with Crippen molar-refractivity contribution in [1.29, 1.82) is 0 Å². The van der Waals surface area contributed by atoms with Crippen molar-refractivity contribution in [3.8, 4) is 16.9 Å². The SMILES string of the molecule is CC(C)Oc1ccc(-c2ccc(N(CCOC(F)F)C(=O)[C@@H]3C[C@H]3c3ccncn3)n3nnnc23)cc1. The number of ether oxygens (including phenoxy) is 2. The molecule has 3 heterocycles. The second kappa shape index (κ2) is 10.5. The number of rotatable bonds is 10. The number of pyridine rings is 1. The summed E-state index contributed by atoms with van der Waals surface area (Å²) < 4.78 is 37.0. The van der Waals surface area contributed by atoms with Crippen LogP contribution in [0.15, 0.2) is 55.0 Å². The standard InChI is InChI=1S/C25H25F2N7O3/c1-15(2)37-17-5-3-16(4-6-17)18-7-8-22(34-23(18)30-31-32-34)33(11-12-36-25(26)27)24(35)20-13-19(20)21-9-10-28-14-29-21/h3-10,14-15,19-20,25H,11-13H2,1-2H3/t19-,20-/m1/s1. The van der Waals surface area contributed by atoms with Crippen molar-refractivity contribution in [3.63, 3.8) is 0 Å². The number of fused-ring (bicyclic) bond motifs is 1. The molecule has 0 unspecified atom stereocenters. The van der Waals surface area contributed by atoms with Crippen LogP contribution in [-0.2, 0) is 9.53 Å². The second-order valence-corrected chi connectivity index (χ2v) is 8.91. The van der Waals surface area contributed by atoms with E-state index in [0.29, 0.717) is 17.9 Å². The molecule has 1 fully saturated rings. The lowest BCUT2D eigenvalue weighted by Gasteiger charge is -2.23. The van der Waals surface area contributed by atoms with Gasteiger partial charge in [-0.3, -0.25) is 9.69 Å². The molecule has 4 aromatic rings. The summed E-state index contributed by atoms with van der Waals surface area (Å²) >= 11 is 0. The molecule has 3 aromatic heterocycles. The van der Waals surface area contributed by atoms with Crippen LogP contribution in [0, 0.1) is 5.92 Å². The average molecular weight is 510 g/mol. The fourth-order valence-electron chi connectivity index (χ4n) is 4.31. The number of amides is 1. The lowest BCUT2D eigenvalue weighted by molar-refractivity contribution is -0.130. The topological polar surface area (TPSA) is 108 Å². The number of carbonyl (C=O) groups is 1. The van der Waals surface area contributed by atoms with E-state index in [-0.39, 0.29) is 37.0 Å². The average Bonchev–Trinajstić information content (AvgIpc) is 3.54. The Hall–Kier alpha value is -4.06. The number of hydrogen-bond acceptors (Lipinski definition) is 8. The van der Waals surface area contributed by atoms with E-state index in [1.54, 1.807) is 18.3 Å². The van der Waals surface area contributed by atoms with Gasteiger partial charge in [0.15, 0.2) is 5.65 Å². The number of halogens is 2. The van der Waals surface area contributed by atoms with Crippen LogP contribution in [0.4, 0.5) is 14.6 Å². The van der Waals surface area contributed by atoms with E-state index >= 15 is 0 Å². The van der Waals surface area contributed by atoms with Crippen LogP contribution in [0.2, 0.25) is 0 Å². The van der Waals surface area contributed by atoms with Crippen molar-refractivity contribution in [3.05, 3.63) is 60.7 Å². The fraction of sp³-hybridized carbons (Fsp3) is 0.360. The molecule has 1 aromatic carbocycles. The van der Waals surface area contributed by atoms with E-state index < -0.39 is 6.61 Å². The molecule has 0 radical (unpaired) electrons. The third kappa shape index (κ3) is 5.38. The van der Waals surface area contributed by atoms with Crippen molar-refractivity contribution in [2.45, 2.75) is 38.9 Å². The summed E-state index contributed by atoms with van der Waals surface area (Å²) in [6, 6.07) is 12.8. The zero-order valence-electron chi connectivity index (χ0n) is 20.2. The minimum atomic E-state index is -2.94.